The maximum atomic E-state index is 8.68. The lowest BCUT2D eigenvalue weighted by Gasteiger charge is -2.38. The molecule has 0 radical (unpaired) electrons. The predicted molar refractivity (Wildman–Crippen MR) is 71.4 cm³/mol. The molecular formula is C15H19N3. The number of hydrogen-bond donors (Lipinski definition) is 0. The third-order valence-electron chi connectivity index (χ3n) is 4.20. The van der Waals surface area contributed by atoms with E-state index in [4.69, 9.17) is 5.26 Å². The van der Waals surface area contributed by atoms with Crippen molar-refractivity contribution < 1.29 is 0 Å². The second-order valence-corrected chi connectivity index (χ2v) is 5.33. The Morgan fingerprint density at radius 3 is 2.56 bits per heavy atom. The van der Waals surface area contributed by atoms with Crippen LogP contribution in [0.5, 0.6) is 0 Å². The lowest BCUT2D eigenvalue weighted by atomic mass is 9.77. The van der Waals surface area contributed by atoms with E-state index in [1.165, 1.54) is 18.5 Å². The van der Waals surface area contributed by atoms with Crippen molar-refractivity contribution in [2.75, 3.05) is 39.3 Å². The van der Waals surface area contributed by atoms with Gasteiger partial charge in [0.2, 0.25) is 0 Å². The maximum absolute atomic E-state index is 8.68. The van der Waals surface area contributed by atoms with E-state index in [1.54, 1.807) is 5.56 Å². The summed E-state index contributed by atoms with van der Waals surface area (Å²) in [5, 5.41) is 8.68. The standard InChI is InChI=1S/C15H19N3/c16-5-6-17-7-9-18(10-8-17)12-14-11-13-3-1-2-4-15(13)14/h1-4,14H,6-12H2. The summed E-state index contributed by atoms with van der Waals surface area (Å²) >= 11 is 0. The first-order valence-electron chi connectivity index (χ1n) is 6.76. The van der Waals surface area contributed by atoms with Gasteiger partial charge < -0.3 is 4.90 Å². The summed E-state index contributed by atoms with van der Waals surface area (Å²) in [6, 6.07) is 11.0. The van der Waals surface area contributed by atoms with E-state index in [0.717, 1.165) is 32.1 Å². The molecule has 1 fully saturated rings. The van der Waals surface area contributed by atoms with Crippen molar-refractivity contribution in [3.05, 3.63) is 35.4 Å². The second kappa shape index (κ2) is 5.09. The molecule has 0 saturated carbocycles. The number of piperazine rings is 1. The monoisotopic (exact) mass is 241 g/mol. The summed E-state index contributed by atoms with van der Waals surface area (Å²) < 4.78 is 0. The molecule has 1 aromatic rings. The Bertz CT molecular complexity index is 455. The Kier molecular flexibility index (Phi) is 3.31. The normalized spacial score (nSPS) is 24.1. The molecule has 1 aliphatic carbocycles. The van der Waals surface area contributed by atoms with Crippen LogP contribution in [-0.4, -0.2) is 49.1 Å². The lowest BCUT2D eigenvalue weighted by molar-refractivity contribution is 0.134. The predicted octanol–water partition coefficient (Wildman–Crippen LogP) is 1.47. The molecule has 0 N–H and O–H groups in total. The molecule has 0 aromatic heterocycles. The highest BCUT2D eigenvalue weighted by Gasteiger charge is 2.28. The van der Waals surface area contributed by atoms with Crippen molar-refractivity contribution in [2.45, 2.75) is 12.3 Å². The number of hydrogen-bond acceptors (Lipinski definition) is 3. The Balaban J connectivity index is 1.50. The zero-order valence-corrected chi connectivity index (χ0v) is 10.7. The molecule has 1 aromatic carbocycles. The van der Waals surface area contributed by atoms with Crippen LogP contribution in [0.1, 0.15) is 17.0 Å². The van der Waals surface area contributed by atoms with Crippen molar-refractivity contribution in [1.29, 1.82) is 5.26 Å². The molecule has 1 atom stereocenters. The first-order chi connectivity index (χ1) is 8.86. The molecule has 3 heteroatoms. The highest BCUT2D eigenvalue weighted by atomic mass is 15.3. The molecule has 0 spiro atoms. The van der Waals surface area contributed by atoms with Gasteiger partial charge in [0.1, 0.15) is 0 Å². The SMILES string of the molecule is N#CCN1CCN(CC2Cc3ccccc32)CC1. The van der Waals surface area contributed by atoms with Crippen molar-refractivity contribution in [3.63, 3.8) is 0 Å². The van der Waals surface area contributed by atoms with E-state index >= 15 is 0 Å². The van der Waals surface area contributed by atoms with Crippen LogP contribution in [0, 0.1) is 11.3 Å². The van der Waals surface area contributed by atoms with Crippen LogP contribution < -0.4 is 0 Å². The van der Waals surface area contributed by atoms with Crippen LogP contribution in [0.15, 0.2) is 24.3 Å². The Morgan fingerprint density at radius 2 is 1.83 bits per heavy atom. The number of nitriles is 1. The lowest BCUT2D eigenvalue weighted by Crippen LogP contribution is -2.48. The smallest absolute Gasteiger partial charge is 0.0866 e. The zero-order chi connectivity index (χ0) is 12.4. The first-order valence-corrected chi connectivity index (χ1v) is 6.76. The molecule has 2 aliphatic rings. The van der Waals surface area contributed by atoms with Gasteiger partial charge in [-0.1, -0.05) is 24.3 Å². The average molecular weight is 241 g/mol. The van der Waals surface area contributed by atoms with Gasteiger partial charge in [-0.2, -0.15) is 5.26 Å². The van der Waals surface area contributed by atoms with Crippen LogP contribution >= 0.6 is 0 Å². The third-order valence-corrected chi connectivity index (χ3v) is 4.20. The fourth-order valence-corrected chi connectivity index (χ4v) is 3.07. The minimum atomic E-state index is 0.583. The maximum Gasteiger partial charge on any atom is 0.0866 e. The van der Waals surface area contributed by atoms with Crippen molar-refractivity contribution in [3.8, 4) is 6.07 Å². The first kappa shape index (κ1) is 11.7. The summed E-state index contributed by atoms with van der Waals surface area (Å²) in [6.45, 7) is 6.09. The van der Waals surface area contributed by atoms with Gasteiger partial charge in [0.25, 0.3) is 0 Å². The van der Waals surface area contributed by atoms with Crippen LogP contribution in [0.2, 0.25) is 0 Å². The molecule has 94 valence electrons. The van der Waals surface area contributed by atoms with Gasteiger partial charge in [0, 0.05) is 38.6 Å². The van der Waals surface area contributed by atoms with Gasteiger partial charge >= 0.3 is 0 Å². The van der Waals surface area contributed by atoms with Crippen molar-refractivity contribution in [1.82, 2.24) is 9.80 Å². The Morgan fingerprint density at radius 1 is 1.11 bits per heavy atom. The van der Waals surface area contributed by atoms with Crippen LogP contribution in [0.4, 0.5) is 0 Å². The van der Waals surface area contributed by atoms with Gasteiger partial charge in [0.15, 0.2) is 0 Å². The molecular weight excluding hydrogens is 222 g/mol. The summed E-state index contributed by atoms with van der Waals surface area (Å²) in [4.78, 5) is 4.79. The third kappa shape index (κ3) is 2.27. The van der Waals surface area contributed by atoms with Crippen molar-refractivity contribution in [2.24, 2.45) is 0 Å². The molecule has 18 heavy (non-hydrogen) atoms. The van der Waals surface area contributed by atoms with E-state index in [-0.39, 0.29) is 0 Å². The summed E-state index contributed by atoms with van der Waals surface area (Å²) in [5.74, 6) is 0.740. The number of rotatable bonds is 3. The molecule has 1 saturated heterocycles. The summed E-state index contributed by atoms with van der Waals surface area (Å²) in [6.07, 6.45) is 1.24. The zero-order valence-electron chi connectivity index (χ0n) is 10.7. The Hall–Kier alpha value is -1.37. The molecule has 3 rings (SSSR count). The van der Waals surface area contributed by atoms with Gasteiger partial charge in [-0.15, -0.1) is 0 Å². The molecule has 3 nitrogen and oxygen atoms in total. The van der Waals surface area contributed by atoms with Crippen LogP contribution in [0.3, 0.4) is 0 Å². The molecule has 0 bridgehead atoms. The molecule has 1 unspecified atom stereocenters. The van der Waals surface area contributed by atoms with Gasteiger partial charge in [-0.3, -0.25) is 4.90 Å². The van der Waals surface area contributed by atoms with Crippen molar-refractivity contribution >= 4 is 0 Å². The van der Waals surface area contributed by atoms with E-state index in [2.05, 4.69) is 40.1 Å². The molecule has 0 amide bonds. The van der Waals surface area contributed by atoms with E-state index in [9.17, 15) is 0 Å². The topological polar surface area (TPSA) is 30.3 Å². The highest BCUT2D eigenvalue weighted by Crippen LogP contribution is 2.35. The summed E-state index contributed by atoms with van der Waals surface area (Å²) in [7, 11) is 0. The minimum absolute atomic E-state index is 0.583. The van der Waals surface area contributed by atoms with Gasteiger partial charge in [0.05, 0.1) is 12.6 Å². The minimum Gasteiger partial charge on any atom is -0.300 e. The Labute approximate surface area is 109 Å². The van der Waals surface area contributed by atoms with Gasteiger partial charge in [-0.05, 0) is 17.5 Å². The average Bonchev–Trinajstić information content (AvgIpc) is 2.38. The quantitative estimate of drug-likeness (QED) is 0.751. The number of benzene rings is 1. The fraction of sp³-hybridized carbons (Fsp3) is 0.533. The van der Waals surface area contributed by atoms with Gasteiger partial charge in [-0.25, -0.2) is 0 Å². The largest absolute Gasteiger partial charge is 0.300 e. The summed E-state index contributed by atoms with van der Waals surface area (Å²) in [5.41, 5.74) is 3.09. The number of fused-ring (bicyclic) bond motifs is 1. The molecule has 1 aliphatic heterocycles. The van der Waals surface area contributed by atoms with E-state index in [0.29, 0.717) is 6.54 Å². The van der Waals surface area contributed by atoms with E-state index < -0.39 is 0 Å². The van der Waals surface area contributed by atoms with E-state index in [1.807, 2.05) is 0 Å². The number of nitrogens with zero attached hydrogens (tertiary/aromatic N) is 3. The molecule has 1 heterocycles. The van der Waals surface area contributed by atoms with Crippen LogP contribution in [0.25, 0.3) is 0 Å². The van der Waals surface area contributed by atoms with Crippen LogP contribution in [-0.2, 0) is 6.42 Å². The fourth-order valence-electron chi connectivity index (χ4n) is 3.07. The highest BCUT2D eigenvalue weighted by molar-refractivity contribution is 5.40. The second-order valence-electron chi connectivity index (χ2n) is 5.33.